The average molecular weight is 144 g/mol. The van der Waals surface area contributed by atoms with Gasteiger partial charge in [0.15, 0.2) is 0 Å². The molecule has 2 atom stereocenters. The van der Waals surface area contributed by atoms with Crippen LogP contribution in [0.3, 0.4) is 0 Å². The van der Waals surface area contributed by atoms with Crippen LogP contribution in [0.5, 0.6) is 0 Å². The quantitative estimate of drug-likeness (QED) is 0.643. The van der Waals surface area contributed by atoms with E-state index in [9.17, 15) is 5.11 Å². The average Bonchev–Trinajstić information content (AvgIpc) is 1.88. The zero-order valence-corrected chi connectivity index (χ0v) is 7.65. The highest BCUT2D eigenvalue weighted by Gasteiger charge is 2.26. The molecule has 0 aliphatic rings. The summed E-state index contributed by atoms with van der Waals surface area (Å²) in [6, 6.07) is 0. The second-order valence-electron chi connectivity index (χ2n) is 3.43. The van der Waals surface area contributed by atoms with Crippen LogP contribution in [0.1, 0.15) is 47.0 Å². The Morgan fingerprint density at radius 3 is 2.00 bits per heavy atom. The maximum absolute atomic E-state index is 9.40. The van der Waals surface area contributed by atoms with Crippen LogP contribution in [0.4, 0.5) is 0 Å². The fourth-order valence-electron chi connectivity index (χ4n) is 1.25. The third-order valence-electron chi connectivity index (χ3n) is 2.64. The van der Waals surface area contributed by atoms with Gasteiger partial charge in [0.2, 0.25) is 0 Å². The van der Waals surface area contributed by atoms with Gasteiger partial charge in [-0.2, -0.15) is 0 Å². The lowest BCUT2D eigenvalue weighted by Gasteiger charge is -2.30. The van der Waals surface area contributed by atoms with Crippen LogP contribution in [-0.2, 0) is 0 Å². The molecule has 2 unspecified atom stereocenters. The molecular formula is C9H20O. The van der Waals surface area contributed by atoms with E-state index in [-0.39, 0.29) is 11.5 Å². The molecule has 0 aromatic heterocycles. The molecular weight excluding hydrogens is 124 g/mol. The van der Waals surface area contributed by atoms with Crippen LogP contribution in [0.2, 0.25) is 0 Å². The van der Waals surface area contributed by atoms with E-state index in [0.29, 0.717) is 0 Å². The van der Waals surface area contributed by atoms with Crippen molar-refractivity contribution in [2.24, 2.45) is 5.41 Å². The number of hydrogen-bond donors (Lipinski definition) is 1. The van der Waals surface area contributed by atoms with Gasteiger partial charge in [0.05, 0.1) is 6.10 Å². The molecule has 0 spiro atoms. The van der Waals surface area contributed by atoms with Gasteiger partial charge in [0, 0.05) is 0 Å². The molecule has 0 aliphatic carbocycles. The molecule has 0 radical (unpaired) electrons. The summed E-state index contributed by atoms with van der Waals surface area (Å²) in [7, 11) is 0. The highest BCUT2D eigenvalue weighted by Crippen LogP contribution is 2.30. The van der Waals surface area contributed by atoms with Crippen molar-refractivity contribution in [2.75, 3.05) is 0 Å². The molecule has 0 heterocycles. The van der Waals surface area contributed by atoms with Crippen molar-refractivity contribution in [1.29, 1.82) is 0 Å². The van der Waals surface area contributed by atoms with E-state index < -0.39 is 0 Å². The van der Waals surface area contributed by atoms with Crippen LogP contribution >= 0.6 is 0 Å². The lowest BCUT2D eigenvalue weighted by Crippen LogP contribution is -2.28. The van der Waals surface area contributed by atoms with Crippen molar-refractivity contribution in [3.05, 3.63) is 0 Å². The molecule has 0 saturated carbocycles. The van der Waals surface area contributed by atoms with Crippen LogP contribution in [-0.4, -0.2) is 11.2 Å². The molecule has 0 fully saturated rings. The Balaban J connectivity index is 3.94. The zero-order chi connectivity index (χ0) is 8.20. The van der Waals surface area contributed by atoms with Gasteiger partial charge in [-0.1, -0.05) is 27.2 Å². The van der Waals surface area contributed by atoms with Crippen molar-refractivity contribution < 1.29 is 5.11 Å². The zero-order valence-electron chi connectivity index (χ0n) is 7.65. The topological polar surface area (TPSA) is 20.2 Å². The highest BCUT2D eigenvalue weighted by molar-refractivity contribution is 4.77. The lowest BCUT2D eigenvalue weighted by atomic mass is 9.78. The number of hydrogen-bond acceptors (Lipinski definition) is 1. The Morgan fingerprint density at radius 2 is 1.90 bits per heavy atom. The SMILES string of the molecule is CCCC(C)(CC)C(C)O. The molecule has 0 aliphatic heterocycles. The van der Waals surface area contributed by atoms with Gasteiger partial charge in [-0.25, -0.2) is 0 Å². The van der Waals surface area contributed by atoms with Crippen LogP contribution in [0.25, 0.3) is 0 Å². The molecule has 0 rings (SSSR count). The van der Waals surface area contributed by atoms with Gasteiger partial charge < -0.3 is 5.11 Å². The van der Waals surface area contributed by atoms with Gasteiger partial charge in [-0.3, -0.25) is 0 Å². The Morgan fingerprint density at radius 1 is 1.40 bits per heavy atom. The van der Waals surface area contributed by atoms with Gasteiger partial charge in [-0.15, -0.1) is 0 Å². The van der Waals surface area contributed by atoms with E-state index in [0.717, 1.165) is 19.3 Å². The molecule has 62 valence electrons. The fraction of sp³-hybridized carbons (Fsp3) is 1.00. The van der Waals surface area contributed by atoms with Crippen molar-refractivity contribution in [1.82, 2.24) is 0 Å². The highest BCUT2D eigenvalue weighted by atomic mass is 16.3. The van der Waals surface area contributed by atoms with Crippen LogP contribution in [0, 0.1) is 5.41 Å². The van der Waals surface area contributed by atoms with E-state index in [2.05, 4.69) is 20.8 Å². The van der Waals surface area contributed by atoms with Crippen molar-refractivity contribution in [3.63, 3.8) is 0 Å². The summed E-state index contributed by atoms with van der Waals surface area (Å²) in [6.07, 6.45) is 3.19. The minimum atomic E-state index is -0.169. The summed E-state index contributed by atoms with van der Waals surface area (Å²) < 4.78 is 0. The number of aliphatic hydroxyl groups is 1. The van der Waals surface area contributed by atoms with E-state index in [1.165, 1.54) is 0 Å². The first kappa shape index (κ1) is 9.96. The molecule has 0 aromatic carbocycles. The molecule has 0 aromatic rings. The smallest absolute Gasteiger partial charge is 0.0565 e. The van der Waals surface area contributed by atoms with Crippen LogP contribution in [0.15, 0.2) is 0 Å². The number of aliphatic hydroxyl groups excluding tert-OH is 1. The standard InChI is InChI=1S/C9H20O/c1-5-7-9(4,6-2)8(3)10/h8,10H,5-7H2,1-4H3. The second kappa shape index (κ2) is 3.97. The van der Waals surface area contributed by atoms with Crippen molar-refractivity contribution >= 4 is 0 Å². The van der Waals surface area contributed by atoms with Crippen molar-refractivity contribution in [3.8, 4) is 0 Å². The predicted molar refractivity (Wildman–Crippen MR) is 45.0 cm³/mol. The fourth-order valence-corrected chi connectivity index (χ4v) is 1.25. The van der Waals surface area contributed by atoms with Crippen LogP contribution < -0.4 is 0 Å². The normalized spacial score (nSPS) is 20.1. The Bertz CT molecular complexity index is 88.7. The molecule has 0 bridgehead atoms. The summed E-state index contributed by atoms with van der Waals surface area (Å²) in [5, 5.41) is 9.40. The van der Waals surface area contributed by atoms with E-state index >= 15 is 0 Å². The summed E-state index contributed by atoms with van der Waals surface area (Å²) in [6.45, 7) is 8.35. The van der Waals surface area contributed by atoms with Gasteiger partial charge >= 0.3 is 0 Å². The first-order valence-corrected chi connectivity index (χ1v) is 4.25. The third kappa shape index (κ3) is 2.30. The number of rotatable bonds is 4. The van der Waals surface area contributed by atoms with Gasteiger partial charge in [-0.05, 0) is 25.2 Å². The van der Waals surface area contributed by atoms with Gasteiger partial charge in [0.25, 0.3) is 0 Å². The Kier molecular flexibility index (Phi) is 3.95. The Hall–Kier alpha value is -0.0400. The second-order valence-corrected chi connectivity index (χ2v) is 3.43. The van der Waals surface area contributed by atoms with E-state index in [4.69, 9.17) is 0 Å². The van der Waals surface area contributed by atoms with E-state index in [1.807, 2.05) is 6.92 Å². The minimum Gasteiger partial charge on any atom is -0.393 e. The molecule has 1 heteroatoms. The maximum Gasteiger partial charge on any atom is 0.0565 e. The summed E-state index contributed by atoms with van der Waals surface area (Å²) in [5.41, 5.74) is 0.148. The molecule has 0 saturated heterocycles. The predicted octanol–water partition coefficient (Wildman–Crippen LogP) is 2.58. The first-order chi connectivity index (χ1) is 4.56. The Labute approximate surface area is 64.5 Å². The maximum atomic E-state index is 9.40. The third-order valence-corrected chi connectivity index (χ3v) is 2.64. The molecule has 0 amide bonds. The summed E-state index contributed by atoms with van der Waals surface area (Å²) >= 11 is 0. The van der Waals surface area contributed by atoms with Gasteiger partial charge in [0.1, 0.15) is 0 Å². The monoisotopic (exact) mass is 144 g/mol. The lowest BCUT2D eigenvalue weighted by molar-refractivity contribution is 0.0419. The summed E-state index contributed by atoms with van der Waals surface area (Å²) in [5.74, 6) is 0. The van der Waals surface area contributed by atoms with E-state index in [1.54, 1.807) is 0 Å². The molecule has 10 heavy (non-hydrogen) atoms. The largest absolute Gasteiger partial charge is 0.393 e. The minimum absolute atomic E-state index is 0.148. The molecule has 1 nitrogen and oxygen atoms in total. The first-order valence-electron chi connectivity index (χ1n) is 4.25. The molecule has 1 N–H and O–H groups in total. The summed E-state index contributed by atoms with van der Waals surface area (Å²) in [4.78, 5) is 0. The van der Waals surface area contributed by atoms with Crippen molar-refractivity contribution in [2.45, 2.75) is 53.1 Å².